The molecule has 0 aliphatic rings. The maximum atomic E-state index is 10.3. The Morgan fingerprint density at radius 1 is 2.00 bits per heavy atom. The van der Waals surface area contributed by atoms with Crippen LogP contribution in [0.1, 0.15) is 0 Å². The van der Waals surface area contributed by atoms with Gasteiger partial charge in [-0.3, -0.25) is 4.79 Å². The van der Waals surface area contributed by atoms with E-state index in [4.69, 9.17) is 5.73 Å². The first-order chi connectivity index (χ1) is 3.72. The minimum absolute atomic E-state index is 0.293. The van der Waals surface area contributed by atoms with E-state index in [0.717, 1.165) is 0 Å². The van der Waals surface area contributed by atoms with E-state index in [0.29, 0.717) is 5.75 Å². The summed E-state index contributed by atoms with van der Waals surface area (Å²) in [6.45, 7) is 0. The molecular formula is C4H10N2OS. The van der Waals surface area contributed by atoms with Crippen molar-refractivity contribution in [2.24, 2.45) is 5.73 Å². The minimum atomic E-state index is -0.359. The molecule has 0 heterocycles. The second-order valence-electron chi connectivity index (χ2n) is 1.43. The highest BCUT2D eigenvalue weighted by Crippen LogP contribution is 1.82. The summed E-state index contributed by atoms with van der Waals surface area (Å²) in [7, 11) is 1.67. The zero-order chi connectivity index (χ0) is 6.57. The normalized spacial score (nSPS) is 13.2. The van der Waals surface area contributed by atoms with E-state index in [1.165, 1.54) is 0 Å². The molecule has 0 aromatic heterocycles. The Morgan fingerprint density at radius 2 is 2.50 bits per heavy atom. The molecule has 0 radical (unpaired) electrons. The largest absolute Gasteiger partial charge is 0.368 e. The van der Waals surface area contributed by atoms with E-state index in [9.17, 15) is 4.79 Å². The van der Waals surface area contributed by atoms with E-state index in [2.05, 4.69) is 17.9 Å². The Kier molecular flexibility index (Phi) is 3.64. The first-order valence-electron chi connectivity index (χ1n) is 2.29. The second kappa shape index (κ2) is 3.74. The smallest absolute Gasteiger partial charge is 0.235 e. The molecule has 0 aliphatic carbocycles. The Balaban J connectivity index is 3.52. The van der Waals surface area contributed by atoms with Crippen LogP contribution in [0.3, 0.4) is 0 Å². The Hall–Kier alpha value is -0.220. The highest BCUT2D eigenvalue weighted by atomic mass is 32.1. The molecule has 0 fully saturated rings. The van der Waals surface area contributed by atoms with Crippen molar-refractivity contribution in [3.8, 4) is 0 Å². The fourth-order valence-corrected chi connectivity index (χ4v) is 0.686. The van der Waals surface area contributed by atoms with Crippen LogP contribution < -0.4 is 11.1 Å². The highest BCUT2D eigenvalue weighted by Gasteiger charge is 2.07. The minimum Gasteiger partial charge on any atom is -0.368 e. The number of hydrogen-bond donors (Lipinski definition) is 3. The summed E-state index contributed by atoms with van der Waals surface area (Å²) in [4.78, 5) is 10.3. The van der Waals surface area contributed by atoms with Gasteiger partial charge in [0.25, 0.3) is 0 Å². The van der Waals surface area contributed by atoms with E-state index in [-0.39, 0.29) is 11.9 Å². The maximum absolute atomic E-state index is 10.3. The van der Waals surface area contributed by atoms with Gasteiger partial charge in [0.15, 0.2) is 0 Å². The average molecular weight is 134 g/mol. The molecule has 0 spiro atoms. The van der Waals surface area contributed by atoms with Crippen molar-refractivity contribution in [2.75, 3.05) is 12.8 Å². The standard InChI is InChI=1S/C4H10N2OS/c1-6-3(2-8)4(5)7/h3,6,8H,2H2,1H3,(H2,5,7)/t3-/m0/s1. The van der Waals surface area contributed by atoms with Gasteiger partial charge in [-0.1, -0.05) is 0 Å². The third-order valence-electron chi connectivity index (χ3n) is 0.874. The van der Waals surface area contributed by atoms with Crippen LogP contribution in [0.2, 0.25) is 0 Å². The number of primary amides is 1. The number of carbonyl (C=O) groups is 1. The van der Waals surface area contributed by atoms with Crippen molar-refractivity contribution in [3.05, 3.63) is 0 Å². The van der Waals surface area contributed by atoms with E-state index in [1.54, 1.807) is 7.05 Å². The highest BCUT2D eigenvalue weighted by molar-refractivity contribution is 7.80. The van der Waals surface area contributed by atoms with Gasteiger partial charge in [0.05, 0.1) is 6.04 Å². The molecular weight excluding hydrogens is 124 g/mol. The molecule has 0 aromatic rings. The summed E-state index contributed by atoms with van der Waals surface area (Å²) in [5, 5.41) is 2.70. The summed E-state index contributed by atoms with van der Waals surface area (Å²) in [6, 6.07) is -0.293. The van der Waals surface area contributed by atoms with Crippen LogP contribution in [0.25, 0.3) is 0 Å². The quantitative estimate of drug-likeness (QED) is 0.433. The van der Waals surface area contributed by atoms with Gasteiger partial charge in [0, 0.05) is 5.75 Å². The molecule has 8 heavy (non-hydrogen) atoms. The van der Waals surface area contributed by atoms with Crippen LogP contribution in [-0.4, -0.2) is 24.7 Å². The zero-order valence-corrected chi connectivity index (χ0v) is 5.61. The Labute approximate surface area is 54.0 Å². The van der Waals surface area contributed by atoms with E-state index < -0.39 is 0 Å². The maximum Gasteiger partial charge on any atom is 0.235 e. The Morgan fingerprint density at radius 3 is 2.50 bits per heavy atom. The molecule has 48 valence electrons. The van der Waals surface area contributed by atoms with Crippen LogP contribution in [0.4, 0.5) is 0 Å². The lowest BCUT2D eigenvalue weighted by atomic mass is 10.3. The first kappa shape index (κ1) is 7.78. The third kappa shape index (κ3) is 2.18. The SMILES string of the molecule is CN[C@@H](CS)C(N)=O. The summed E-state index contributed by atoms with van der Waals surface area (Å²) in [5.41, 5.74) is 4.91. The molecule has 0 saturated carbocycles. The van der Waals surface area contributed by atoms with Gasteiger partial charge in [-0.2, -0.15) is 12.6 Å². The summed E-state index contributed by atoms with van der Waals surface area (Å²) in [5.74, 6) is 0.0914. The predicted molar refractivity (Wildman–Crippen MR) is 35.9 cm³/mol. The van der Waals surface area contributed by atoms with Gasteiger partial charge >= 0.3 is 0 Å². The van der Waals surface area contributed by atoms with Crippen LogP contribution in [-0.2, 0) is 4.79 Å². The monoisotopic (exact) mass is 134 g/mol. The number of thiol groups is 1. The summed E-state index contributed by atoms with van der Waals surface area (Å²) >= 11 is 3.87. The van der Waals surface area contributed by atoms with Crippen molar-refractivity contribution in [1.82, 2.24) is 5.32 Å². The molecule has 0 aromatic carbocycles. The molecule has 0 rings (SSSR count). The molecule has 4 heteroatoms. The number of rotatable bonds is 3. The lowest BCUT2D eigenvalue weighted by Gasteiger charge is -2.05. The molecule has 1 amide bonds. The van der Waals surface area contributed by atoms with Crippen molar-refractivity contribution in [3.63, 3.8) is 0 Å². The van der Waals surface area contributed by atoms with Gasteiger partial charge in [-0.15, -0.1) is 0 Å². The second-order valence-corrected chi connectivity index (χ2v) is 1.79. The van der Waals surface area contributed by atoms with E-state index in [1.807, 2.05) is 0 Å². The number of likely N-dealkylation sites (N-methyl/N-ethyl adjacent to an activating group) is 1. The molecule has 3 nitrogen and oxygen atoms in total. The van der Waals surface area contributed by atoms with Gasteiger partial charge in [-0.05, 0) is 7.05 Å². The van der Waals surface area contributed by atoms with Crippen molar-refractivity contribution < 1.29 is 4.79 Å². The fourth-order valence-electron chi connectivity index (χ4n) is 0.324. The van der Waals surface area contributed by atoms with Gasteiger partial charge in [0.2, 0.25) is 5.91 Å². The molecule has 3 N–H and O–H groups in total. The van der Waals surface area contributed by atoms with Crippen LogP contribution in [0.15, 0.2) is 0 Å². The van der Waals surface area contributed by atoms with Crippen LogP contribution >= 0.6 is 12.6 Å². The number of amides is 1. The van der Waals surface area contributed by atoms with Gasteiger partial charge in [0.1, 0.15) is 0 Å². The zero-order valence-electron chi connectivity index (χ0n) is 4.72. The van der Waals surface area contributed by atoms with Crippen molar-refractivity contribution in [2.45, 2.75) is 6.04 Å². The van der Waals surface area contributed by atoms with E-state index >= 15 is 0 Å². The molecule has 0 unspecified atom stereocenters. The third-order valence-corrected chi connectivity index (χ3v) is 1.24. The van der Waals surface area contributed by atoms with Crippen molar-refractivity contribution in [1.29, 1.82) is 0 Å². The van der Waals surface area contributed by atoms with Crippen LogP contribution in [0.5, 0.6) is 0 Å². The number of nitrogens with two attached hydrogens (primary N) is 1. The average Bonchev–Trinajstić information content (AvgIpc) is 1.69. The lowest BCUT2D eigenvalue weighted by Crippen LogP contribution is -2.40. The molecule has 1 atom stereocenters. The summed E-state index contributed by atoms with van der Waals surface area (Å²) < 4.78 is 0. The number of nitrogens with one attached hydrogen (secondary N) is 1. The van der Waals surface area contributed by atoms with Crippen LogP contribution in [0, 0.1) is 0 Å². The predicted octanol–water partition coefficient (Wildman–Crippen LogP) is -1.01. The number of hydrogen-bond acceptors (Lipinski definition) is 3. The van der Waals surface area contributed by atoms with Crippen molar-refractivity contribution >= 4 is 18.5 Å². The fraction of sp³-hybridized carbons (Fsp3) is 0.750. The topological polar surface area (TPSA) is 55.1 Å². The summed E-state index contributed by atoms with van der Waals surface area (Å²) in [6.07, 6.45) is 0. The first-order valence-corrected chi connectivity index (χ1v) is 2.93. The Bertz CT molecular complexity index is 82.1. The molecule has 0 saturated heterocycles. The number of carbonyl (C=O) groups excluding carboxylic acids is 1. The van der Waals surface area contributed by atoms with Gasteiger partial charge < -0.3 is 11.1 Å². The molecule has 0 bridgehead atoms. The molecule has 0 aliphatic heterocycles. The van der Waals surface area contributed by atoms with Gasteiger partial charge in [-0.25, -0.2) is 0 Å². The lowest BCUT2D eigenvalue weighted by molar-refractivity contribution is -0.119.